The number of hydrogen-bond donors (Lipinski definition) is 0. The van der Waals surface area contributed by atoms with Crippen molar-refractivity contribution in [2.24, 2.45) is 0 Å². The van der Waals surface area contributed by atoms with Crippen LogP contribution >= 0.6 is 12.2 Å². The standard InChI is InChI=1S/C20H18N2OS/c1-3-22-17-7-5-4-6-15(17)16-11-13(8-9-18(16)22)10-14-12-19(24)21(2)20(14)23/h4-11H,3,12H2,1-2H3/b14-10-. The number of nitrogens with zero attached hydrogens (tertiary/aromatic N) is 2. The summed E-state index contributed by atoms with van der Waals surface area (Å²) in [6, 6.07) is 14.9. The lowest BCUT2D eigenvalue weighted by atomic mass is 10.1. The summed E-state index contributed by atoms with van der Waals surface area (Å²) in [5.41, 5.74) is 4.29. The van der Waals surface area contributed by atoms with Crippen LogP contribution in [0.25, 0.3) is 27.9 Å². The summed E-state index contributed by atoms with van der Waals surface area (Å²) < 4.78 is 2.32. The molecule has 0 saturated carbocycles. The van der Waals surface area contributed by atoms with Crippen LogP contribution in [0.1, 0.15) is 18.9 Å². The molecule has 0 spiro atoms. The van der Waals surface area contributed by atoms with Crippen LogP contribution in [0.2, 0.25) is 0 Å². The van der Waals surface area contributed by atoms with Gasteiger partial charge in [0.05, 0.1) is 4.99 Å². The van der Waals surface area contributed by atoms with Crippen molar-refractivity contribution in [2.75, 3.05) is 7.05 Å². The second-order valence-corrected chi connectivity index (χ2v) is 6.61. The Morgan fingerprint density at radius 2 is 1.88 bits per heavy atom. The van der Waals surface area contributed by atoms with Crippen molar-refractivity contribution >= 4 is 51.0 Å². The van der Waals surface area contributed by atoms with Gasteiger partial charge < -0.3 is 9.47 Å². The zero-order valence-corrected chi connectivity index (χ0v) is 14.6. The minimum Gasteiger partial charge on any atom is -0.341 e. The minimum absolute atomic E-state index is 0.0103. The SMILES string of the molecule is CCn1c2ccccc2c2cc(/C=C3/CC(=S)N(C)C3=O)ccc21. The number of benzene rings is 2. The van der Waals surface area contributed by atoms with Crippen LogP contribution in [-0.4, -0.2) is 27.4 Å². The number of fused-ring (bicyclic) bond motifs is 3. The quantitative estimate of drug-likeness (QED) is 0.513. The van der Waals surface area contributed by atoms with Crippen molar-refractivity contribution in [3.63, 3.8) is 0 Å². The van der Waals surface area contributed by atoms with Crippen molar-refractivity contribution in [1.82, 2.24) is 9.47 Å². The van der Waals surface area contributed by atoms with Gasteiger partial charge in [-0.3, -0.25) is 4.79 Å². The summed E-state index contributed by atoms with van der Waals surface area (Å²) in [4.78, 5) is 14.5. The van der Waals surface area contributed by atoms with Crippen LogP contribution in [0, 0.1) is 0 Å². The highest BCUT2D eigenvalue weighted by atomic mass is 32.1. The van der Waals surface area contributed by atoms with E-state index in [1.54, 1.807) is 11.9 Å². The molecule has 1 aliphatic rings. The summed E-state index contributed by atoms with van der Waals surface area (Å²) in [5.74, 6) is 0.0103. The molecule has 0 aliphatic carbocycles. The fourth-order valence-electron chi connectivity index (χ4n) is 3.50. The molecule has 0 N–H and O–H groups in total. The van der Waals surface area contributed by atoms with E-state index >= 15 is 0 Å². The number of aryl methyl sites for hydroxylation is 1. The van der Waals surface area contributed by atoms with E-state index in [-0.39, 0.29) is 5.91 Å². The number of carbonyl (C=O) groups excluding carboxylic acids is 1. The van der Waals surface area contributed by atoms with Crippen molar-refractivity contribution < 1.29 is 4.79 Å². The molecule has 0 unspecified atom stereocenters. The summed E-state index contributed by atoms with van der Waals surface area (Å²) in [5, 5.41) is 2.48. The predicted molar refractivity (Wildman–Crippen MR) is 103 cm³/mol. The molecular weight excluding hydrogens is 316 g/mol. The third-order valence-corrected chi connectivity index (χ3v) is 5.17. The number of aromatic nitrogens is 1. The second-order valence-electron chi connectivity index (χ2n) is 6.14. The Morgan fingerprint density at radius 3 is 2.58 bits per heavy atom. The molecule has 0 bridgehead atoms. The van der Waals surface area contributed by atoms with E-state index < -0.39 is 0 Å². The van der Waals surface area contributed by atoms with Gasteiger partial charge in [-0.15, -0.1) is 0 Å². The van der Waals surface area contributed by atoms with E-state index in [0.29, 0.717) is 11.4 Å². The highest BCUT2D eigenvalue weighted by Crippen LogP contribution is 2.31. The zero-order chi connectivity index (χ0) is 16.8. The van der Waals surface area contributed by atoms with E-state index in [1.165, 1.54) is 21.8 Å². The third-order valence-electron chi connectivity index (χ3n) is 4.75. The molecule has 2 aromatic carbocycles. The average Bonchev–Trinajstić information content (AvgIpc) is 3.04. The maximum absolute atomic E-state index is 12.2. The molecule has 1 amide bonds. The first-order valence-electron chi connectivity index (χ1n) is 8.12. The lowest BCUT2D eigenvalue weighted by molar-refractivity contribution is -0.121. The van der Waals surface area contributed by atoms with Gasteiger partial charge in [0.1, 0.15) is 0 Å². The summed E-state index contributed by atoms with van der Waals surface area (Å²) in [6.07, 6.45) is 2.52. The topological polar surface area (TPSA) is 25.2 Å². The number of amides is 1. The Hall–Kier alpha value is -2.46. The van der Waals surface area contributed by atoms with Gasteiger partial charge in [0.15, 0.2) is 0 Å². The molecule has 4 rings (SSSR count). The Morgan fingerprint density at radius 1 is 1.12 bits per heavy atom. The molecule has 1 saturated heterocycles. The van der Waals surface area contributed by atoms with E-state index in [0.717, 1.165) is 17.7 Å². The molecule has 0 radical (unpaired) electrons. The largest absolute Gasteiger partial charge is 0.341 e. The fourth-order valence-corrected chi connectivity index (χ4v) is 3.74. The first-order chi connectivity index (χ1) is 11.6. The summed E-state index contributed by atoms with van der Waals surface area (Å²) in [6.45, 7) is 3.09. The van der Waals surface area contributed by atoms with E-state index in [1.807, 2.05) is 6.08 Å². The predicted octanol–water partition coefficient (Wildman–Crippen LogP) is 4.39. The number of thiocarbonyl (C=S) groups is 1. The normalized spacial score (nSPS) is 16.9. The van der Waals surface area contributed by atoms with Crippen LogP contribution in [-0.2, 0) is 11.3 Å². The van der Waals surface area contributed by atoms with Gasteiger partial charge in [-0.25, -0.2) is 0 Å². The molecule has 4 heteroatoms. The number of carbonyl (C=O) groups is 1. The molecule has 120 valence electrons. The number of likely N-dealkylation sites (tertiary alicyclic amines) is 1. The van der Waals surface area contributed by atoms with Gasteiger partial charge in [-0.1, -0.05) is 36.5 Å². The first-order valence-corrected chi connectivity index (χ1v) is 8.53. The van der Waals surface area contributed by atoms with Crippen LogP contribution in [0.15, 0.2) is 48.0 Å². The maximum Gasteiger partial charge on any atom is 0.254 e. The maximum atomic E-state index is 12.2. The Labute approximate surface area is 146 Å². The molecule has 3 nitrogen and oxygen atoms in total. The molecule has 1 fully saturated rings. The van der Waals surface area contributed by atoms with E-state index in [2.05, 4.69) is 54.0 Å². The number of rotatable bonds is 2. The van der Waals surface area contributed by atoms with Crippen molar-refractivity contribution in [3.8, 4) is 0 Å². The molecule has 2 heterocycles. The van der Waals surface area contributed by atoms with Gasteiger partial charge in [-0.05, 0) is 36.8 Å². The second kappa shape index (κ2) is 5.56. The van der Waals surface area contributed by atoms with Crippen molar-refractivity contribution in [3.05, 3.63) is 53.6 Å². The van der Waals surface area contributed by atoms with Crippen LogP contribution in [0.3, 0.4) is 0 Å². The van der Waals surface area contributed by atoms with Gasteiger partial charge in [-0.2, -0.15) is 0 Å². The highest BCUT2D eigenvalue weighted by molar-refractivity contribution is 7.80. The summed E-state index contributed by atoms with van der Waals surface area (Å²) in [7, 11) is 1.74. The molecule has 3 aromatic rings. The van der Waals surface area contributed by atoms with Crippen molar-refractivity contribution in [2.45, 2.75) is 19.9 Å². The van der Waals surface area contributed by atoms with Crippen LogP contribution in [0.5, 0.6) is 0 Å². The molecule has 1 aliphatic heterocycles. The Balaban J connectivity index is 1.89. The minimum atomic E-state index is 0.0103. The number of hydrogen-bond acceptors (Lipinski definition) is 2. The number of para-hydroxylation sites is 1. The van der Waals surface area contributed by atoms with Gasteiger partial charge >= 0.3 is 0 Å². The Kier molecular flexibility index (Phi) is 3.50. The smallest absolute Gasteiger partial charge is 0.254 e. The molecular formula is C20H18N2OS. The Bertz CT molecular complexity index is 1030. The van der Waals surface area contributed by atoms with Crippen LogP contribution in [0.4, 0.5) is 0 Å². The monoisotopic (exact) mass is 334 g/mol. The molecule has 1 aromatic heterocycles. The first kappa shape index (κ1) is 15.1. The summed E-state index contributed by atoms with van der Waals surface area (Å²) >= 11 is 5.23. The van der Waals surface area contributed by atoms with E-state index in [4.69, 9.17) is 12.2 Å². The third kappa shape index (κ3) is 2.18. The lowest BCUT2D eigenvalue weighted by Crippen LogP contribution is -2.22. The van der Waals surface area contributed by atoms with Crippen molar-refractivity contribution in [1.29, 1.82) is 0 Å². The van der Waals surface area contributed by atoms with Crippen LogP contribution < -0.4 is 0 Å². The van der Waals surface area contributed by atoms with Gasteiger partial charge in [0.25, 0.3) is 5.91 Å². The highest BCUT2D eigenvalue weighted by Gasteiger charge is 2.27. The molecule has 0 atom stereocenters. The fraction of sp³-hybridized carbons (Fsp3) is 0.200. The van der Waals surface area contributed by atoms with E-state index in [9.17, 15) is 4.79 Å². The number of likely N-dealkylation sites (N-methyl/N-ethyl adjacent to an activating group) is 1. The lowest BCUT2D eigenvalue weighted by Gasteiger charge is -2.05. The van der Waals surface area contributed by atoms with Gasteiger partial charge in [0.2, 0.25) is 0 Å². The zero-order valence-electron chi connectivity index (χ0n) is 13.7. The van der Waals surface area contributed by atoms with Gasteiger partial charge in [0, 0.05) is 47.4 Å². The average molecular weight is 334 g/mol. The molecule has 24 heavy (non-hydrogen) atoms.